The van der Waals surface area contributed by atoms with E-state index in [2.05, 4.69) is 4.98 Å². The molecule has 0 N–H and O–H groups in total. The quantitative estimate of drug-likeness (QED) is 0.705. The highest BCUT2D eigenvalue weighted by molar-refractivity contribution is 7.89. The van der Waals surface area contributed by atoms with E-state index in [0.717, 1.165) is 5.56 Å². The Morgan fingerprint density at radius 2 is 1.81 bits per heavy atom. The van der Waals surface area contributed by atoms with E-state index in [9.17, 15) is 13.2 Å². The van der Waals surface area contributed by atoms with Gasteiger partial charge in [-0.2, -0.15) is 4.31 Å². The number of piperazine rings is 1. The van der Waals surface area contributed by atoms with E-state index in [1.54, 1.807) is 29.4 Å². The molecule has 0 saturated carbocycles. The van der Waals surface area contributed by atoms with Crippen LogP contribution in [0, 0.1) is 0 Å². The first-order valence-electron chi connectivity index (χ1n) is 8.20. The molecule has 0 bridgehead atoms. The summed E-state index contributed by atoms with van der Waals surface area (Å²) in [5.41, 5.74) is 0.826. The Hall–Kier alpha value is -1.93. The van der Waals surface area contributed by atoms with Crippen LogP contribution >= 0.6 is 23.2 Å². The van der Waals surface area contributed by atoms with E-state index in [1.165, 1.54) is 28.6 Å². The molecule has 2 aromatic rings. The number of halogens is 2. The second-order valence-electron chi connectivity index (χ2n) is 5.92. The smallest absolute Gasteiger partial charge is 0.246 e. The lowest BCUT2D eigenvalue weighted by atomic mass is 10.2. The molecule has 27 heavy (non-hydrogen) atoms. The zero-order valence-electron chi connectivity index (χ0n) is 14.3. The number of aromatic nitrogens is 1. The van der Waals surface area contributed by atoms with Gasteiger partial charge >= 0.3 is 0 Å². The van der Waals surface area contributed by atoms with E-state index in [4.69, 9.17) is 23.2 Å². The van der Waals surface area contributed by atoms with Gasteiger partial charge in [-0.1, -0.05) is 29.3 Å². The largest absolute Gasteiger partial charge is 0.337 e. The zero-order chi connectivity index (χ0) is 19.4. The predicted molar refractivity (Wildman–Crippen MR) is 105 cm³/mol. The van der Waals surface area contributed by atoms with Crippen LogP contribution in [0.25, 0.3) is 6.08 Å². The average Bonchev–Trinajstić information content (AvgIpc) is 2.69. The summed E-state index contributed by atoms with van der Waals surface area (Å²) in [6, 6.07) is 7.86. The van der Waals surface area contributed by atoms with E-state index >= 15 is 0 Å². The summed E-state index contributed by atoms with van der Waals surface area (Å²) in [5.74, 6) is -0.162. The number of pyridine rings is 1. The molecule has 0 unspecified atom stereocenters. The second-order valence-corrected chi connectivity index (χ2v) is 8.68. The highest BCUT2D eigenvalue weighted by Gasteiger charge is 2.29. The van der Waals surface area contributed by atoms with Crippen molar-refractivity contribution in [2.45, 2.75) is 4.90 Å². The molecular weight excluding hydrogens is 409 g/mol. The summed E-state index contributed by atoms with van der Waals surface area (Å²) < 4.78 is 26.8. The van der Waals surface area contributed by atoms with E-state index in [1.807, 2.05) is 6.07 Å². The summed E-state index contributed by atoms with van der Waals surface area (Å²) >= 11 is 11.8. The Morgan fingerprint density at radius 3 is 2.44 bits per heavy atom. The number of rotatable bonds is 4. The molecule has 6 nitrogen and oxygen atoms in total. The number of hydrogen-bond donors (Lipinski definition) is 0. The van der Waals surface area contributed by atoms with Crippen LogP contribution in [0.15, 0.2) is 53.7 Å². The van der Waals surface area contributed by atoms with Crippen molar-refractivity contribution < 1.29 is 13.2 Å². The van der Waals surface area contributed by atoms with Crippen molar-refractivity contribution in [2.75, 3.05) is 26.2 Å². The molecule has 3 rings (SSSR count). The number of sulfonamides is 1. The first-order valence-corrected chi connectivity index (χ1v) is 10.4. The summed E-state index contributed by atoms with van der Waals surface area (Å²) in [6.45, 7) is 1.07. The molecule has 1 aromatic carbocycles. The summed E-state index contributed by atoms with van der Waals surface area (Å²) in [5, 5.41) is 0.485. The first kappa shape index (κ1) is 19.8. The van der Waals surface area contributed by atoms with Crippen LogP contribution in [-0.2, 0) is 14.8 Å². The molecule has 1 aromatic heterocycles. The van der Waals surface area contributed by atoms with Gasteiger partial charge in [0.25, 0.3) is 0 Å². The maximum Gasteiger partial charge on any atom is 0.246 e. The fourth-order valence-corrected chi connectivity index (χ4v) is 4.49. The number of benzene rings is 1. The van der Waals surface area contributed by atoms with Crippen molar-refractivity contribution in [3.8, 4) is 0 Å². The summed E-state index contributed by atoms with van der Waals surface area (Å²) in [6.07, 6.45) is 6.48. The fourth-order valence-electron chi connectivity index (χ4n) is 2.68. The van der Waals surface area contributed by atoms with Gasteiger partial charge in [-0.15, -0.1) is 0 Å². The second kappa shape index (κ2) is 8.39. The van der Waals surface area contributed by atoms with Crippen molar-refractivity contribution in [3.05, 3.63) is 64.4 Å². The van der Waals surface area contributed by atoms with Crippen LogP contribution in [-0.4, -0.2) is 54.7 Å². The monoisotopic (exact) mass is 425 g/mol. The lowest BCUT2D eigenvalue weighted by Gasteiger charge is -2.33. The van der Waals surface area contributed by atoms with Crippen molar-refractivity contribution in [1.82, 2.24) is 14.2 Å². The van der Waals surface area contributed by atoms with Gasteiger partial charge in [-0.05, 0) is 35.9 Å². The van der Waals surface area contributed by atoms with Crippen molar-refractivity contribution >= 4 is 45.2 Å². The van der Waals surface area contributed by atoms with Gasteiger partial charge in [0.2, 0.25) is 15.9 Å². The fraction of sp³-hybridized carbons (Fsp3) is 0.222. The molecule has 0 aliphatic carbocycles. The highest BCUT2D eigenvalue weighted by Crippen LogP contribution is 2.27. The minimum atomic E-state index is -3.68. The van der Waals surface area contributed by atoms with Gasteiger partial charge in [0, 0.05) is 44.6 Å². The molecule has 142 valence electrons. The third kappa shape index (κ3) is 4.68. The Morgan fingerprint density at radius 1 is 1.07 bits per heavy atom. The first-order chi connectivity index (χ1) is 12.9. The van der Waals surface area contributed by atoms with Gasteiger partial charge in [0.05, 0.1) is 14.9 Å². The standard InChI is InChI=1S/C18H17Cl2N3O3S/c19-16-5-4-15(12-17(16)20)27(25,26)23-10-8-22(9-11-23)18(24)6-3-14-2-1-7-21-13-14/h1-7,12-13H,8-11H2/b6-3+. The van der Waals surface area contributed by atoms with Gasteiger partial charge in [0.1, 0.15) is 0 Å². The topological polar surface area (TPSA) is 70.6 Å². The third-order valence-electron chi connectivity index (χ3n) is 4.18. The lowest BCUT2D eigenvalue weighted by molar-refractivity contribution is -0.127. The Bertz CT molecular complexity index is 957. The van der Waals surface area contributed by atoms with E-state index < -0.39 is 10.0 Å². The number of carbonyl (C=O) groups is 1. The van der Waals surface area contributed by atoms with Crippen LogP contribution in [0.3, 0.4) is 0 Å². The zero-order valence-corrected chi connectivity index (χ0v) is 16.6. The maximum absolute atomic E-state index is 12.7. The Labute approximate surface area is 168 Å². The SMILES string of the molecule is O=C(/C=C/c1cccnc1)N1CCN(S(=O)(=O)c2ccc(Cl)c(Cl)c2)CC1. The lowest BCUT2D eigenvalue weighted by Crippen LogP contribution is -2.50. The number of carbonyl (C=O) groups excluding carboxylic acids is 1. The maximum atomic E-state index is 12.7. The molecule has 0 radical (unpaired) electrons. The number of nitrogens with zero attached hydrogens (tertiary/aromatic N) is 3. The van der Waals surface area contributed by atoms with Gasteiger partial charge in [-0.25, -0.2) is 8.42 Å². The number of hydrogen-bond acceptors (Lipinski definition) is 4. The van der Waals surface area contributed by atoms with Crippen LogP contribution in [0.2, 0.25) is 10.0 Å². The Kier molecular flexibility index (Phi) is 6.16. The third-order valence-corrected chi connectivity index (χ3v) is 6.82. The highest BCUT2D eigenvalue weighted by atomic mass is 35.5. The predicted octanol–water partition coefficient (Wildman–Crippen LogP) is 2.93. The van der Waals surface area contributed by atoms with Gasteiger partial charge in [0.15, 0.2) is 0 Å². The van der Waals surface area contributed by atoms with Crippen LogP contribution in [0.5, 0.6) is 0 Å². The normalized spacial score (nSPS) is 16.0. The molecule has 1 aliphatic heterocycles. The molecule has 1 aliphatic rings. The Balaban J connectivity index is 1.63. The van der Waals surface area contributed by atoms with Gasteiger partial charge in [-0.3, -0.25) is 9.78 Å². The van der Waals surface area contributed by atoms with Crippen molar-refractivity contribution in [2.24, 2.45) is 0 Å². The molecular formula is C18H17Cl2N3O3S. The average molecular weight is 426 g/mol. The molecule has 9 heteroatoms. The number of amides is 1. The van der Waals surface area contributed by atoms with E-state index in [-0.39, 0.29) is 28.9 Å². The summed E-state index contributed by atoms with van der Waals surface area (Å²) in [4.78, 5) is 18.0. The van der Waals surface area contributed by atoms with Crippen LogP contribution in [0.4, 0.5) is 0 Å². The minimum absolute atomic E-state index is 0.0909. The molecule has 1 amide bonds. The van der Waals surface area contributed by atoms with Crippen molar-refractivity contribution in [3.63, 3.8) is 0 Å². The van der Waals surface area contributed by atoms with Crippen LogP contribution < -0.4 is 0 Å². The molecule has 0 spiro atoms. The van der Waals surface area contributed by atoms with Crippen LogP contribution in [0.1, 0.15) is 5.56 Å². The molecule has 1 fully saturated rings. The summed E-state index contributed by atoms with van der Waals surface area (Å²) in [7, 11) is -3.68. The molecule has 2 heterocycles. The minimum Gasteiger partial charge on any atom is -0.337 e. The van der Waals surface area contributed by atoms with Crippen molar-refractivity contribution in [1.29, 1.82) is 0 Å². The molecule has 0 atom stereocenters. The molecule has 1 saturated heterocycles. The van der Waals surface area contributed by atoms with Gasteiger partial charge < -0.3 is 4.90 Å². The van der Waals surface area contributed by atoms with E-state index in [0.29, 0.717) is 18.1 Å².